The van der Waals surface area contributed by atoms with Crippen molar-refractivity contribution < 1.29 is 19.1 Å². The van der Waals surface area contributed by atoms with E-state index in [4.69, 9.17) is 9.47 Å². The van der Waals surface area contributed by atoms with Crippen molar-refractivity contribution >= 4 is 11.9 Å². The van der Waals surface area contributed by atoms with E-state index < -0.39 is 5.60 Å². The summed E-state index contributed by atoms with van der Waals surface area (Å²) in [5.41, 5.74) is 0.537. The zero-order valence-electron chi connectivity index (χ0n) is 14.4. The fourth-order valence-corrected chi connectivity index (χ4v) is 2.78. The Labute approximate surface area is 138 Å². The largest absolute Gasteiger partial charge is 0.460 e. The third-order valence-corrected chi connectivity index (χ3v) is 4.01. The molecule has 0 N–H and O–H groups in total. The lowest BCUT2D eigenvalue weighted by atomic mass is 9.73. The molecule has 0 bridgehead atoms. The van der Waals surface area contributed by atoms with Crippen LogP contribution in [0.5, 0.6) is 0 Å². The number of hydrogen-bond acceptors (Lipinski definition) is 4. The SMILES string of the molecule is C[C@H](OC(=O)C1CC(CC(=O)OC(C)(C)C)C1)c1ccccc1. The minimum atomic E-state index is -0.454. The van der Waals surface area contributed by atoms with Gasteiger partial charge in [-0.15, -0.1) is 0 Å². The topological polar surface area (TPSA) is 52.6 Å². The molecule has 1 aromatic carbocycles. The van der Waals surface area contributed by atoms with Gasteiger partial charge in [-0.05, 0) is 52.0 Å². The second-order valence-electron chi connectivity index (χ2n) is 7.31. The van der Waals surface area contributed by atoms with E-state index in [0.29, 0.717) is 19.3 Å². The molecule has 2 rings (SSSR count). The molecule has 1 aliphatic carbocycles. The second kappa shape index (κ2) is 7.16. The standard InChI is InChI=1S/C19H26O4/c1-13(15-8-6-5-7-9-15)22-18(21)16-10-14(11-16)12-17(20)23-19(2,3)4/h5-9,13-14,16H,10-12H2,1-4H3/t13-,14?,16?/m0/s1. The van der Waals surface area contributed by atoms with Crippen LogP contribution < -0.4 is 0 Å². The van der Waals surface area contributed by atoms with Crippen LogP contribution in [-0.2, 0) is 19.1 Å². The van der Waals surface area contributed by atoms with Crippen LogP contribution in [0.3, 0.4) is 0 Å². The Morgan fingerprint density at radius 1 is 1.17 bits per heavy atom. The molecule has 23 heavy (non-hydrogen) atoms. The van der Waals surface area contributed by atoms with Crippen LogP contribution in [0.4, 0.5) is 0 Å². The lowest BCUT2D eigenvalue weighted by Crippen LogP contribution is -2.35. The maximum atomic E-state index is 12.1. The number of ether oxygens (including phenoxy) is 2. The quantitative estimate of drug-likeness (QED) is 0.769. The van der Waals surface area contributed by atoms with Crippen LogP contribution >= 0.6 is 0 Å². The van der Waals surface area contributed by atoms with E-state index in [-0.39, 0.29) is 29.9 Å². The van der Waals surface area contributed by atoms with Gasteiger partial charge in [0.05, 0.1) is 5.92 Å². The average Bonchev–Trinajstić information content (AvgIpc) is 2.41. The van der Waals surface area contributed by atoms with Crippen molar-refractivity contribution in [1.29, 1.82) is 0 Å². The predicted octanol–water partition coefficient (Wildman–Crippen LogP) is 4.05. The van der Waals surface area contributed by atoms with E-state index >= 15 is 0 Å². The van der Waals surface area contributed by atoms with Gasteiger partial charge in [0, 0.05) is 6.42 Å². The summed E-state index contributed by atoms with van der Waals surface area (Å²) in [4.78, 5) is 23.9. The molecule has 1 aromatic rings. The van der Waals surface area contributed by atoms with E-state index in [1.165, 1.54) is 0 Å². The summed E-state index contributed by atoms with van der Waals surface area (Å²) >= 11 is 0. The van der Waals surface area contributed by atoms with Gasteiger partial charge in [0.25, 0.3) is 0 Å². The van der Waals surface area contributed by atoms with Gasteiger partial charge in [-0.1, -0.05) is 30.3 Å². The monoisotopic (exact) mass is 318 g/mol. The number of esters is 2. The highest BCUT2D eigenvalue weighted by molar-refractivity contribution is 5.75. The van der Waals surface area contributed by atoms with Crippen LogP contribution in [0.2, 0.25) is 0 Å². The van der Waals surface area contributed by atoms with Crippen molar-refractivity contribution in [1.82, 2.24) is 0 Å². The minimum absolute atomic E-state index is 0.0893. The van der Waals surface area contributed by atoms with Gasteiger partial charge < -0.3 is 9.47 Å². The fourth-order valence-electron chi connectivity index (χ4n) is 2.78. The molecule has 0 spiro atoms. The highest BCUT2D eigenvalue weighted by Gasteiger charge is 2.38. The Kier molecular flexibility index (Phi) is 5.45. The molecule has 126 valence electrons. The van der Waals surface area contributed by atoms with Crippen LogP contribution in [-0.4, -0.2) is 17.5 Å². The lowest BCUT2D eigenvalue weighted by molar-refractivity contribution is -0.163. The smallest absolute Gasteiger partial charge is 0.309 e. The molecular formula is C19H26O4. The molecule has 0 heterocycles. The summed E-state index contributed by atoms with van der Waals surface area (Å²) in [6.45, 7) is 7.45. The van der Waals surface area contributed by atoms with Crippen molar-refractivity contribution in [2.24, 2.45) is 11.8 Å². The maximum Gasteiger partial charge on any atom is 0.309 e. The third kappa shape index (κ3) is 5.38. The minimum Gasteiger partial charge on any atom is -0.460 e. The van der Waals surface area contributed by atoms with Gasteiger partial charge in [-0.25, -0.2) is 0 Å². The zero-order valence-corrected chi connectivity index (χ0v) is 14.4. The summed E-state index contributed by atoms with van der Waals surface area (Å²) in [7, 11) is 0. The Morgan fingerprint density at radius 3 is 2.35 bits per heavy atom. The second-order valence-corrected chi connectivity index (χ2v) is 7.31. The first-order chi connectivity index (χ1) is 10.7. The Hall–Kier alpha value is -1.84. The molecule has 0 saturated heterocycles. The average molecular weight is 318 g/mol. The fraction of sp³-hybridized carbons (Fsp3) is 0.579. The van der Waals surface area contributed by atoms with Crippen LogP contribution in [0.15, 0.2) is 30.3 Å². The Balaban J connectivity index is 1.72. The number of hydrogen-bond donors (Lipinski definition) is 0. The molecular weight excluding hydrogens is 292 g/mol. The lowest BCUT2D eigenvalue weighted by Gasteiger charge is -2.34. The highest BCUT2D eigenvalue weighted by atomic mass is 16.6. The van der Waals surface area contributed by atoms with Gasteiger partial charge in [0.15, 0.2) is 0 Å². The number of carbonyl (C=O) groups is 2. The molecule has 4 nitrogen and oxygen atoms in total. The van der Waals surface area contributed by atoms with Gasteiger partial charge in [-0.2, -0.15) is 0 Å². The molecule has 1 atom stereocenters. The third-order valence-electron chi connectivity index (χ3n) is 4.01. The Bertz CT molecular complexity index is 538. The molecule has 0 aliphatic heterocycles. The van der Waals surface area contributed by atoms with E-state index in [1.54, 1.807) is 0 Å². The van der Waals surface area contributed by atoms with Crippen molar-refractivity contribution in [2.45, 2.75) is 58.7 Å². The molecule has 4 heteroatoms. The summed E-state index contributed by atoms with van der Waals surface area (Å²) < 4.78 is 10.8. The van der Waals surface area contributed by atoms with Crippen LogP contribution in [0.1, 0.15) is 58.6 Å². The predicted molar refractivity (Wildman–Crippen MR) is 87.6 cm³/mol. The molecule has 0 amide bonds. The number of carbonyl (C=O) groups excluding carboxylic acids is 2. The first-order valence-corrected chi connectivity index (χ1v) is 8.22. The normalized spacial score (nSPS) is 21.9. The zero-order chi connectivity index (χ0) is 17.0. The van der Waals surface area contributed by atoms with Gasteiger partial charge in [0.2, 0.25) is 0 Å². The first-order valence-electron chi connectivity index (χ1n) is 8.22. The van der Waals surface area contributed by atoms with E-state index in [0.717, 1.165) is 5.56 Å². The highest BCUT2D eigenvalue weighted by Crippen LogP contribution is 2.38. The van der Waals surface area contributed by atoms with E-state index in [2.05, 4.69) is 0 Å². The number of benzene rings is 1. The van der Waals surface area contributed by atoms with Crippen molar-refractivity contribution in [3.63, 3.8) is 0 Å². The maximum absolute atomic E-state index is 12.1. The molecule has 1 fully saturated rings. The summed E-state index contributed by atoms with van der Waals surface area (Å²) in [6, 6.07) is 9.69. The van der Waals surface area contributed by atoms with Gasteiger partial charge >= 0.3 is 11.9 Å². The number of rotatable bonds is 5. The van der Waals surface area contributed by atoms with E-state index in [1.807, 2.05) is 58.0 Å². The van der Waals surface area contributed by atoms with Crippen molar-refractivity contribution in [3.05, 3.63) is 35.9 Å². The summed E-state index contributed by atoms with van der Waals surface area (Å²) in [5, 5.41) is 0. The van der Waals surface area contributed by atoms with Gasteiger partial charge in [-0.3, -0.25) is 9.59 Å². The summed E-state index contributed by atoms with van der Waals surface area (Å²) in [6.07, 6.45) is 1.56. The molecule has 0 aromatic heterocycles. The summed E-state index contributed by atoms with van der Waals surface area (Å²) in [5.74, 6) is -0.211. The van der Waals surface area contributed by atoms with Crippen molar-refractivity contribution in [2.75, 3.05) is 0 Å². The molecule has 1 saturated carbocycles. The van der Waals surface area contributed by atoms with Crippen molar-refractivity contribution in [3.8, 4) is 0 Å². The van der Waals surface area contributed by atoms with E-state index in [9.17, 15) is 9.59 Å². The van der Waals surface area contributed by atoms with Crippen LogP contribution in [0.25, 0.3) is 0 Å². The first kappa shape index (κ1) is 17.5. The van der Waals surface area contributed by atoms with Crippen LogP contribution in [0, 0.1) is 11.8 Å². The Morgan fingerprint density at radius 2 is 1.78 bits per heavy atom. The van der Waals surface area contributed by atoms with Gasteiger partial charge in [0.1, 0.15) is 11.7 Å². The molecule has 0 unspecified atom stereocenters. The molecule has 0 radical (unpaired) electrons. The molecule has 1 aliphatic rings.